The number of aliphatic hydroxyl groups is 1. The van der Waals surface area contributed by atoms with E-state index in [-0.39, 0.29) is 6.61 Å². The third kappa shape index (κ3) is 3.89. The van der Waals surface area contributed by atoms with Gasteiger partial charge in [-0.3, -0.25) is 4.68 Å². The molecule has 1 aromatic carbocycles. The maximum atomic E-state index is 9.88. The molecular weight excluding hydrogens is 258 g/mol. The van der Waals surface area contributed by atoms with Gasteiger partial charge in [0.15, 0.2) is 11.5 Å². The summed E-state index contributed by atoms with van der Waals surface area (Å²) >= 11 is 0. The molecule has 0 amide bonds. The molecule has 20 heavy (non-hydrogen) atoms. The highest BCUT2D eigenvalue weighted by Crippen LogP contribution is 2.25. The lowest BCUT2D eigenvalue weighted by molar-refractivity contribution is 0.115. The van der Waals surface area contributed by atoms with Crippen LogP contribution in [-0.2, 0) is 7.05 Å². The first-order valence-corrected chi connectivity index (χ1v) is 6.36. The smallest absolute Gasteiger partial charge is 0.161 e. The van der Waals surface area contributed by atoms with E-state index in [0.717, 1.165) is 5.82 Å². The molecule has 0 bridgehead atoms. The van der Waals surface area contributed by atoms with Gasteiger partial charge >= 0.3 is 0 Å². The average Bonchev–Trinajstić information content (AvgIpc) is 2.89. The zero-order valence-electron chi connectivity index (χ0n) is 11.6. The van der Waals surface area contributed by atoms with Gasteiger partial charge in [0.2, 0.25) is 0 Å². The third-order valence-corrected chi connectivity index (χ3v) is 2.73. The molecule has 108 valence electrons. The summed E-state index contributed by atoms with van der Waals surface area (Å²) in [5.41, 5.74) is 0. The number of ether oxygens (including phenoxy) is 2. The van der Waals surface area contributed by atoms with Gasteiger partial charge in [0.25, 0.3) is 0 Å². The molecular formula is C14H19N3O3. The molecule has 6 nitrogen and oxygen atoms in total. The van der Waals surface area contributed by atoms with E-state index in [1.807, 2.05) is 37.5 Å². The Morgan fingerprint density at radius 3 is 2.70 bits per heavy atom. The molecule has 1 aromatic heterocycles. The van der Waals surface area contributed by atoms with Crippen molar-refractivity contribution in [3.63, 3.8) is 0 Å². The quantitative estimate of drug-likeness (QED) is 0.798. The fourth-order valence-corrected chi connectivity index (χ4v) is 1.71. The highest BCUT2D eigenvalue weighted by molar-refractivity contribution is 5.39. The van der Waals surface area contributed by atoms with Crippen molar-refractivity contribution in [3.05, 3.63) is 36.5 Å². The van der Waals surface area contributed by atoms with Crippen LogP contribution in [0.4, 0.5) is 5.82 Å². The molecule has 0 fully saturated rings. The summed E-state index contributed by atoms with van der Waals surface area (Å²) in [5, 5.41) is 17.1. The predicted molar refractivity (Wildman–Crippen MR) is 76.2 cm³/mol. The lowest BCUT2D eigenvalue weighted by Crippen LogP contribution is -2.26. The minimum Gasteiger partial charge on any atom is -0.493 e. The Kier molecular flexibility index (Phi) is 4.84. The summed E-state index contributed by atoms with van der Waals surface area (Å²) in [5.74, 6) is 1.99. The topological polar surface area (TPSA) is 68.5 Å². The minimum absolute atomic E-state index is 0.181. The fourth-order valence-electron chi connectivity index (χ4n) is 1.71. The number of aryl methyl sites for hydroxylation is 1. The summed E-state index contributed by atoms with van der Waals surface area (Å²) in [7, 11) is 3.42. The van der Waals surface area contributed by atoms with Gasteiger partial charge < -0.3 is 19.9 Å². The zero-order valence-corrected chi connectivity index (χ0v) is 11.6. The average molecular weight is 277 g/mol. The van der Waals surface area contributed by atoms with Crippen LogP contribution in [0.5, 0.6) is 11.5 Å². The van der Waals surface area contributed by atoms with Gasteiger partial charge in [0.1, 0.15) is 18.5 Å². The van der Waals surface area contributed by atoms with Gasteiger partial charge in [-0.25, -0.2) is 0 Å². The number of rotatable bonds is 7. The maximum Gasteiger partial charge on any atom is 0.161 e. The van der Waals surface area contributed by atoms with Gasteiger partial charge in [0, 0.05) is 25.9 Å². The molecule has 1 atom stereocenters. The number of nitrogens with zero attached hydrogens (tertiary/aromatic N) is 2. The summed E-state index contributed by atoms with van der Waals surface area (Å²) in [6.07, 6.45) is 1.20. The standard InChI is InChI=1S/C14H19N3O3/c1-17-8-7-14(16-17)15-9-11(18)10-20-13-6-4-3-5-12(13)19-2/h3-8,11,18H,9-10H2,1-2H3,(H,15,16). The molecule has 0 aliphatic heterocycles. The first kappa shape index (κ1) is 14.2. The molecule has 0 saturated carbocycles. The highest BCUT2D eigenvalue weighted by Gasteiger charge is 2.08. The van der Waals surface area contributed by atoms with Gasteiger partial charge in [-0.1, -0.05) is 12.1 Å². The molecule has 2 aromatic rings. The molecule has 1 heterocycles. The van der Waals surface area contributed by atoms with E-state index in [9.17, 15) is 5.11 Å². The summed E-state index contributed by atoms with van der Waals surface area (Å²) < 4.78 is 12.4. The molecule has 1 unspecified atom stereocenters. The highest BCUT2D eigenvalue weighted by atomic mass is 16.5. The molecule has 0 aliphatic carbocycles. The molecule has 6 heteroatoms. The molecule has 2 rings (SSSR count). The monoisotopic (exact) mass is 277 g/mol. The van der Waals surface area contributed by atoms with E-state index < -0.39 is 6.10 Å². The first-order valence-electron chi connectivity index (χ1n) is 6.36. The Balaban J connectivity index is 1.78. The third-order valence-electron chi connectivity index (χ3n) is 2.73. The van der Waals surface area contributed by atoms with Gasteiger partial charge in [0.05, 0.1) is 7.11 Å². The number of aromatic nitrogens is 2. The lowest BCUT2D eigenvalue weighted by atomic mass is 10.3. The van der Waals surface area contributed by atoms with Crippen molar-refractivity contribution in [1.29, 1.82) is 0 Å². The number of benzene rings is 1. The van der Waals surface area contributed by atoms with Crippen molar-refractivity contribution in [2.45, 2.75) is 6.10 Å². The van der Waals surface area contributed by atoms with Crippen LogP contribution in [0, 0.1) is 0 Å². The number of nitrogens with one attached hydrogen (secondary N) is 1. The SMILES string of the molecule is COc1ccccc1OCC(O)CNc1ccn(C)n1. The van der Waals surface area contributed by atoms with E-state index in [0.29, 0.717) is 18.0 Å². The fraction of sp³-hybridized carbons (Fsp3) is 0.357. The van der Waals surface area contributed by atoms with Crippen LogP contribution in [0.3, 0.4) is 0 Å². The van der Waals surface area contributed by atoms with Crippen LogP contribution in [0.1, 0.15) is 0 Å². The Morgan fingerprint density at radius 1 is 1.30 bits per heavy atom. The molecule has 0 radical (unpaired) electrons. The largest absolute Gasteiger partial charge is 0.493 e. The Bertz CT molecular complexity index is 542. The number of hydrogen-bond acceptors (Lipinski definition) is 5. The number of hydrogen-bond donors (Lipinski definition) is 2. The van der Waals surface area contributed by atoms with Crippen LogP contribution >= 0.6 is 0 Å². The van der Waals surface area contributed by atoms with Gasteiger partial charge in [-0.05, 0) is 12.1 Å². The van der Waals surface area contributed by atoms with Crippen molar-refractivity contribution >= 4 is 5.82 Å². The summed E-state index contributed by atoms with van der Waals surface area (Å²) in [4.78, 5) is 0. The number of methoxy groups -OCH3 is 1. The number of anilines is 1. The normalized spacial score (nSPS) is 11.9. The second-order valence-corrected chi connectivity index (χ2v) is 4.37. The molecule has 0 spiro atoms. The van der Waals surface area contributed by atoms with E-state index in [2.05, 4.69) is 10.4 Å². The van der Waals surface area contributed by atoms with E-state index >= 15 is 0 Å². The Morgan fingerprint density at radius 2 is 2.05 bits per heavy atom. The van der Waals surface area contributed by atoms with Gasteiger partial charge in [-0.2, -0.15) is 5.10 Å². The zero-order chi connectivity index (χ0) is 14.4. The number of para-hydroxylation sites is 2. The van der Waals surface area contributed by atoms with E-state index in [1.165, 1.54) is 0 Å². The van der Waals surface area contributed by atoms with Crippen LogP contribution in [0.15, 0.2) is 36.5 Å². The van der Waals surface area contributed by atoms with Crippen molar-refractivity contribution in [2.24, 2.45) is 7.05 Å². The Hall–Kier alpha value is -2.21. The first-order chi connectivity index (χ1) is 9.69. The van der Waals surface area contributed by atoms with Crippen molar-refractivity contribution in [1.82, 2.24) is 9.78 Å². The molecule has 2 N–H and O–H groups in total. The minimum atomic E-state index is -0.637. The van der Waals surface area contributed by atoms with Crippen molar-refractivity contribution in [2.75, 3.05) is 25.6 Å². The molecule has 0 saturated heterocycles. The van der Waals surface area contributed by atoms with E-state index in [4.69, 9.17) is 9.47 Å². The molecule has 0 aliphatic rings. The lowest BCUT2D eigenvalue weighted by Gasteiger charge is -2.14. The maximum absolute atomic E-state index is 9.88. The number of aliphatic hydroxyl groups excluding tert-OH is 1. The van der Waals surface area contributed by atoms with E-state index in [1.54, 1.807) is 17.9 Å². The second kappa shape index (κ2) is 6.81. The summed E-state index contributed by atoms with van der Waals surface area (Å²) in [6.45, 7) is 0.548. The predicted octanol–water partition coefficient (Wildman–Crippen LogP) is 1.28. The van der Waals surface area contributed by atoms with Crippen LogP contribution in [0.2, 0.25) is 0 Å². The van der Waals surface area contributed by atoms with Crippen LogP contribution in [-0.4, -0.2) is 41.3 Å². The van der Waals surface area contributed by atoms with Gasteiger partial charge in [-0.15, -0.1) is 0 Å². The van der Waals surface area contributed by atoms with Crippen LogP contribution < -0.4 is 14.8 Å². The van der Waals surface area contributed by atoms with Crippen molar-refractivity contribution < 1.29 is 14.6 Å². The Labute approximate surface area is 117 Å². The second-order valence-electron chi connectivity index (χ2n) is 4.37. The van der Waals surface area contributed by atoms with Crippen LogP contribution in [0.25, 0.3) is 0 Å². The summed E-state index contributed by atoms with van der Waals surface area (Å²) in [6, 6.07) is 9.18. The van der Waals surface area contributed by atoms with Crippen molar-refractivity contribution in [3.8, 4) is 11.5 Å².